The number of hydrogen-bond acceptors (Lipinski definition) is 3. The number of aromatic hydroxyl groups is 1. The van der Waals surface area contributed by atoms with Gasteiger partial charge in [0.15, 0.2) is 0 Å². The van der Waals surface area contributed by atoms with Gasteiger partial charge in [0.2, 0.25) is 0 Å². The van der Waals surface area contributed by atoms with E-state index in [1.165, 1.54) is 77.3 Å². The summed E-state index contributed by atoms with van der Waals surface area (Å²) in [7, 11) is 0. The number of likely N-dealkylation sites (tertiary alicyclic amines) is 1. The second kappa shape index (κ2) is 10.5. The van der Waals surface area contributed by atoms with Crippen molar-refractivity contribution in [1.29, 1.82) is 0 Å². The summed E-state index contributed by atoms with van der Waals surface area (Å²) in [5.41, 5.74) is 1.07. The van der Waals surface area contributed by atoms with Crippen molar-refractivity contribution in [3.05, 3.63) is 23.8 Å². The molecule has 3 rings (SSSR count). The molecule has 3 nitrogen and oxygen atoms in total. The highest BCUT2D eigenvalue weighted by Crippen LogP contribution is 2.39. The van der Waals surface area contributed by atoms with Gasteiger partial charge in [-0.05, 0) is 75.9 Å². The molecule has 0 radical (unpaired) electrons. The maximum atomic E-state index is 9.71. The largest absolute Gasteiger partial charge is 0.508 e. The Kier molecular flexibility index (Phi) is 8.08. The average Bonchev–Trinajstić information content (AvgIpc) is 2.69. The summed E-state index contributed by atoms with van der Waals surface area (Å²) in [5.74, 6) is 1.32. The van der Waals surface area contributed by atoms with E-state index in [4.69, 9.17) is 4.74 Å². The van der Waals surface area contributed by atoms with Crippen LogP contribution in [0, 0.1) is 0 Å². The highest BCUT2D eigenvalue weighted by molar-refractivity contribution is 5.41. The average molecular weight is 388 g/mol. The molecule has 1 aromatic carbocycles. The molecule has 0 aliphatic carbocycles. The zero-order valence-electron chi connectivity index (χ0n) is 18.2. The topological polar surface area (TPSA) is 32.7 Å². The Morgan fingerprint density at radius 3 is 2.71 bits per heavy atom. The SMILES string of the molecule is CCCCCCCCCN1CCCCC1CC1(C)CCc2cc(O)ccc2O1. The van der Waals surface area contributed by atoms with E-state index in [-0.39, 0.29) is 5.60 Å². The van der Waals surface area contributed by atoms with E-state index in [2.05, 4.69) is 18.7 Å². The van der Waals surface area contributed by atoms with Crippen molar-refractivity contribution < 1.29 is 9.84 Å². The van der Waals surface area contributed by atoms with E-state index in [1.807, 2.05) is 12.1 Å². The van der Waals surface area contributed by atoms with Crippen molar-refractivity contribution in [2.75, 3.05) is 13.1 Å². The molecule has 0 amide bonds. The number of nitrogens with zero attached hydrogens (tertiary/aromatic N) is 1. The fourth-order valence-corrected chi connectivity index (χ4v) is 5.08. The Labute approximate surface area is 172 Å². The molecule has 2 atom stereocenters. The molecule has 2 heterocycles. The molecule has 1 fully saturated rings. The van der Waals surface area contributed by atoms with Crippen molar-refractivity contribution in [2.45, 2.75) is 109 Å². The second-order valence-electron chi connectivity index (χ2n) is 9.36. The predicted octanol–water partition coefficient (Wildman–Crippen LogP) is 6.47. The van der Waals surface area contributed by atoms with E-state index >= 15 is 0 Å². The van der Waals surface area contributed by atoms with Crippen LogP contribution < -0.4 is 4.74 Å². The lowest BCUT2D eigenvalue weighted by Crippen LogP contribution is -2.47. The van der Waals surface area contributed by atoms with Crippen LogP contribution in [-0.2, 0) is 6.42 Å². The van der Waals surface area contributed by atoms with E-state index < -0.39 is 0 Å². The molecule has 2 aliphatic rings. The third-order valence-electron chi connectivity index (χ3n) is 6.79. The van der Waals surface area contributed by atoms with Gasteiger partial charge in [-0.15, -0.1) is 0 Å². The van der Waals surface area contributed by atoms with Gasteiger partial charge in [0, 0.05) is 12.5 Å². The Morgan fingerprint density at radius 2 is 1.89 bits per heavy atom. The van der Waals surface area contributed by atoms with Crippen molar-refractivity contribution >= 4 is 0 Å². The molecule has 3 heteroatoms. The van der Waals surface area contributed by atoms with Crippen molar-refractivity contribution in [1.82, 2.24) is 4.90 Å². The summed E-state index contributed by atoms with van der Waals surface area (Å²) in [4.78, 5) is 2.76. The number of piperidine rings is 1. The molecule has 0 bridgehead atoms. The maximum absolute atomic E-state index is 9.71. The molecular formula is C25H41NO2. The summed E-state index contributed by atoms with van der Waals surface area (Å²) in [5, 5.41) is 9.71. The first-order valence-corrected chi connectivity index (χ1v) is 11.8. The first-order chi connectivity index (χ1) is 13.6. The van der Waals surface area contributed by atoms with Crippen LogP contribution in [0.3, 0.4) is 0 Å². The predicted molar refractivity (Wildman–Crippen MR) is 117 cm³/mol. The van der Waals surface area contributed by atoms with E-state index in [0.29, 0.717) is 11.8 Å². The third-order valence-corrected chi connectivity index (χ3v) is 6.79. The van der Waals surface area contributed by atoms with Crippen LogP contribution >= 0.6 is 0 Å². The van der Waals surface area contributed by atoms with Crippen LogP contribution in [0.25, 0.3) is 0 Å². The summed E-state index contributed by atoms with van der Waals surface area (Å²) >= 11 is 0. The number of fused-ring (bicyclic) bond motifs is 1. The number of hydrogen-bond donors (Lipinski definition) is 1. The lowest BCUT2D eigenvalue weighted by Gasteiger charge is -2.43. The van der Waals surface area contributed by atoms with Gasteiger partial charge in [0.1, 0.15) is 17.1 Å². The van der Waals surface area contributed by atoms with Crippen LogP contribution in [0.5, 0.6) is 11.5 Å². The molecule has 0 aromatic heterocycles. The van der Waals surface area contributed by atoms with Crippen LogP contribution in [0.4, 0.5) is 0 Å². The molecule has 158 valence electrons. The minimum Gasteiger partial charge on any atom is -0.508 e. The van der Waals surface area contributed by atoms with E-state index in [1.54, 1.807) is 6.07 Å². The summed E-state index contributed by atoms with van der Waals surface area (Å²) in [6, 6.07) is 6.22. The fraction of sp³-hybridized carbons (Fsp3) is 0.760. The maximum Gasteiger partial charge on any atom is 0.123 e. The Hall–Kier alpha value is -1.22. The van der Waals surface area contributed by atoms with Gasteiger partial charge >= 0.3 is 0 Å². The van der Waals surface area contributed by atoms with Crippen LogP contribution in [-0.4, -0.2) is 34.7 Å². The number of phenolic OH excluding ortho intramolecular Hbond substituents is 1. The van der Waals surface area contributed by atoms with Gasteiger partial charge in [-0.3, -0.25) is 0 Å². The van der Waals surface area contributed by atoms with Gasteiger partial charge in [-0.2, -0.15) is 0 Å². The monoisotopic (exact) mass is 387 g/mol. The molecular weight excluding hydrogens is 346 g/mol. The molecule has 0 saturated carbocycles. The normalized spacial score (nSPS) is 25.3. The van der Waals surface area contributed by atoms with E-state index in [9.17, 15) is 5.11 Å². The Morgan fingerprint density at radius 1 is 1.11 bits per heavy atom. The van der Waals surface area contributed by atoms with Gasteiger partial charge in [0.25, 0.3) is 0 Å². The lowest BCUT2D eigenvalue weighted by molar-refractivity contribution is 0.0122. The molecule has 28 heavy (non-hydrogen) atoms. The number of benzene rings is 1. The molecule has 1 N–H and O–H groups in total. The summed E-state index contributed by atoms with van der Waals surface area (Å²) in [6.45, 7) is 7.11. The van der Waals surface area contributed by atoms with Gasteiger partial charge < -0.3 is 14.7 Å². The number of ether oxygens (including phenoxy) is 1. The molecule has 0 spiro atoms. The lowest BCUT2D eigenvalue weighted by atomic mass is 9.84. The van der Waals surface area contributed by atoms with E-state index in [0.717, 1.165) is 30.6 Å². The minimum absolute atomic E-state index is 0.0790. The van der Waals surface area contributed by atoms with Crippen molar-refractivity contribution in [3.63, 3.8) is 0 Å². The zero-order valence-corrected chi connectivity index (χ0v) is 18.2. The number of aryl methyl sites for hydroxylation is 1. The van der Waals surface area contributed by atoms with Gasteiger partial charge in [0.05, 0.1) is 0 Å². The quantitative estimate of drug-likeness (QED) is 0.467. The summed E-state index contributed by atoms with van der Waals surface area (Å²) in [6.07, 6.45) is 16.9. The Balaban J connectivity index is 1.48. The smallest absolute Gasteiger partial charge is 0.123 e. The minimum atomic E-state index is -0.0790. The van der Waals surface area contributed by atoms with Gasteiger partial charge in [-0.25, -0.2) is 0 Å². The number of unbranched alkanes of at least 4 members (excludes halogenated alkanes) is 6. The second-order valence-corrected chi connectivity index (χ2v) is 9.36. The van der Waals surface area contributed by atoms with Gasteiger partial charge in [-0.1, -0.05) is 51.9 Å². The number of rotatable bonds is 10. The van der Waals surface area contributed by atoms with Crippen LogP contribution in [0.2, 0.25) is 0 Å². The van der Waals surface area contributed by atoms with Crippen molar-refractivity contribution in [2.24, 2.45) is 0 Å². The van der Waals surface area contributed by atoms with Crippen molar-refractivity contribution in [3.8, 4) is 11.5 Å². The molecule has 2 unspecified atom stereocenters. The number of phenols is 1. The fourth-order valence-electron chi connectivity index (χ4n) is 5.08. The highest BCUT2D eigenvalue weighted by Gasteiger charge is 2.36. The molecule has 1 saturated heterocycles. The Bertz CT molecular complexity index is 602. The van der Waals surface area contributed by atoms with Crippen LogP contribution in [0.15, 0.2) is 18.2 Å². The third kappa shape index (κ3) is 6.14. The highest BCUT2D eigenvalue weighted by atomic mass is 16.5. The summed E-state index contributed by atoms with van der Waals surface area (Å²) < 4.78 is 6.47. The molecule has 1 aromatic rings. The standard InChI is InChI=1S/C25H41NO2/c1-3-4-5-6-7-8-10-17-26-18-11-9-12-22(26)20-25(2)16-15-21-19-23(27)13-14-24(21)28-25/h13-14,19,22,27H,3-12,15-18,20H2,1-2H3. The molecule has 2 aliphatic heterocycles. The first-order valence-electron chi connectivity index (χ1n) is 11.8. The van der Waals surface area contributed by atoms with Crippen LogP contribution in [0.1, 0.15) is 96.5 Å². The first kappa shape index (κ1) is 21.5. The zero-order chi connectivity index (χ0) is 19.8.